The molecule has 6 aromatic rings. The van der Waals surface area contributed by atoms with E-state index >= 15 is 0 Å². The third-order valence-electron chi connectivity index (χ3n) is 6.92. The van der Waals surface area contributed by atoms with Gasteiger partial charge in [-0.05, 0) is 50.6 Å². The Kier molecular flexibility index (Phi) is 8.73. The number of ether oxygens (including phenoxy) is 2. The number of hydrogen-bond donors (Lipinski definition) is 2. The number of carbonyl (C=O) groups is 2. The van der Waals surface area contributed by atoms with Gasteiger partial charge in [0.2, 0.25) is 0 Å². The van der Waals surface area contributed by atoms with Crippen molar-refractivity contribution in [3.8, 4) is 0 Å². The summed E-state index contributed by atoms with van der Waals surface area (Å²) in [4.78, 5) is 58.2. The molecule has 0 unspecified atom stereocenters. The van der Waals surface area contributed by atoms with Crippen LogP contribution in [-0.4, -0.2) is 56.0 Å². The van der Waals surface area contributed by atoms with Crippen LogP contribution in [0.1, 0.15) is 43.5 Å². The van der Waals surface area contributed by atoms with Gasteiger partial charge >= 0.3 is 11.9 Å². The second-order valence-corrected chi connectivity index (χ2v) is 11.1. The number of esters is 2. The summed E-state index contributed by atoms with van der Waals surface area (Å²) >= 11 is 2.45. The van der Waals surface area contributed by atoms with Crippen LogP contribution in [0.2, 0.25) is 0 Å². The van der Waals surface area contributed by atoms with Gasteiger partial charge in [-0.15, -0.1) is 32.1 Å². The summed E-state index contributed by atoms with van der Waals surface area (Å²) in [6.45, 7) is 6.74. The van der Waals surface area contributed by atoms with E-state index in [1.807, 2.05) is 0 Å². The van der Waals surface area contributed by atoms with E-state index in [9.17, 15) is 29.6 Å². The molecular formula is C28H24N4O8S2Zn. The first-order chi connectivity index (χ1) is 19.9. The molecule has 0 fully saturated rings. The molecule has 0 aliphatic rings. The Hall–Kier alpha value is -4.20. The van der Waals surface area contributed by atoms with Gasteiger partial charge in [0.1, 0.15) is 9.66 Å². The van der Waals surface area contributed by atoms with Crippen LogP contribution in [0.25, 0.3) is 42.0 Å². The maximum Gasteiger partial charge on any atom is 0.340 e. The first-order valence-electron chi connectivity index (χ1n) is 12.4. The van der Waals surface area contributed by atoms with Crippen LogP contribution in [0.5, 0.6) is 0 Å². The van der Waals surface area contributed by atoms with Gasteiger partial charge in [0, 0.05) is 41.0 Å². The Morgan fingerprint density at radius 1 is 0.674 bits per heavy atom. The number of aromatic nitrogens is 4. The zero-order valence-electron chi connectivity index (χ0n) is 24.0. The van der Waals surface area contributed by atoms with Gasteiger partial charge in [0.15, 0.2) is 0 Å². The van der Waals surface area contributed by atoms with E-state index in [-0.39, 0.29) is 41.4 Å². The van der Waals surface area contributed by atoms with Gasteiger partial charge in [0.05, 0.1) is 58.9 Å². The fourth-order valence-corrected chi connectivity index (χ4v) is 6.80. The average Bonchev–Trinajstić information content (AvgIpc) is 3.64. The van der Waals surface area contributed by atoms with Crippen molar-refractivity contribution in [3.05, 3.63) is 77.5 Å². The maximum atomic E-state index is 12.4. The van der Waals surface area contributed by atoms with Gasteiger partial charge in [-0.25, -0.2) is 9.59 Å². The van der Waals surface area contributed by atoms with E-state index in [0.717, 1.165) is 0 Å². The van der Waals surface area contributed by atoms with Crippen LogP contribution in [0.15, 0.2) is 32.5 Å². The molecule has 0 radical (unpaired) electrons. The minimum absolute atomic E-state index is 0. The molecule has 43 heavy (non-hydrogen) atoms. The van der Waals surface area contributed by atoms with E-state index in [0.29, 0.717) is 63.4 Å². The van der Waals surface area contributed by atoms with Crippen LogP contribution in [0.4, 0.5) is 0 Å². The topological polar surface area (TPSA) is 163 Å². The Bertz CT molecular complexity index is 2070. The van der Waals surface area contributed by atoms with Crippen molar-refractivity contribution < 1.29 is 49.0 Å². The molecule has 12 nitrogen and oxygen atoms in total. The summed E-state index contributed by atoms with van der Waals surface area (Å²) in [7, 11) is 2.57. The SMILES string of the molecule is COC(=O)c1c(C)nc(C)c2c(=O)n(O)c3sccc3c12.COC(=O)c1c(C)nc(C)c2c(=O)n(O)c3sccc3c12.[Zn]. The molecule has 0 aliphatic heterocycles. The molecule has 0 aliphatic carbocycles. The van der Waals surface area contributed by atoms with Crippen molar-refractivity contribution in [2.75, 3.05) is 14.2 Å². The Balaban J connectivity index is 0.000000192. The standard InChI is InChI=1S/2C14H12N2O4S.Zn/c2*1-6-9-11(10(7(2)15-6)14(18)20-3)8-4-5-21-13(8)16(19)12(9)17;/h2*4-5,19H,1-3H3;. The minimum atomic E-state index is -0.588. The molecule has 0 aromatic carbocycles. The fourth-order valence-electron chi connectivity index (χ4n) is 5.17. The van der Waals surface area contributed by atoms with E-state index in [4.69, 9.17) is 9.47 Å². The van der Waals surface area contributed by atoms with Crippen molar-refractivity contribution in [3.63, 3.8) is 0 Å². The normalized spacial score (nSPS) is 10.9. The van der Waals surface area contributed by atoms with Crippen LogP contribution in [0, 0.1) is 27.7 Å². The monoisotopic (exact) mass is 672 g/mol. The largest absolute Gasteiger partial charge is 0.465 e. The van der Waals surface area contributed by atoms with Crippen molar-refractivity contribution in [2.24, 2.45) is 0 Å². The molecule has 0 spiro atoms. The molecule has 6 heterocycles. The summed E-state index contributed by atoms with van der Waals surface area (Å²) in [5, 5.41) is 26.2. The van der Waals surface area contributed by atoms with Crippen LogP contribution in [0.3, 0.4) is 0 Å². The van der Waals surface area contributed by atoms with Gasteiger partial charge in [-0.2, -0.15) is 0 Å². The fraction of sp³-hybridized carbons (Fsp3) is 0.214. The van der Waals surface area contributed by atoms with Crippen LogP contribution in [-0.2, 0) is 29.0 Å². The number of fused-ring (bicyclic) bond motifs is 6. The molecule has 15 heteroatoms. The number of pyridine rings is 4. The number of carbonyl (C=O) groups excluding carboxylic acids is 2. The predicted octanol–water partition coefficient (Wildman–Crippen LogP) is 4.50. The molecule has 0 saturated heterocycles. The number of methoxy groups -OCH3 is 2. The van der Waals surface area contributed by atoms with E-state index in [2.05, 4.69) is 9.97 Å². The zero-order chi connectivity index (χ0) is 30.6. The number of nitrogens with zero attached hydrogens (tertiary/aromatic N) is 4. The van der Waals surface area contributed by atoms with E-state index < -0.39 is 23.1 Å². The molecule has 218 valence electrons. The Labute approximate surface area is 263 Å². The smallest absolute Gasteiger partial charge is 0.340 e. The van der Waals surface area contributed by atoms with Crippen LogP contribution < -0.4 is 11.1 Å². The molecule has 6 rings (SSSR count). The van der Waals surface area contributed by atoms with Crippen molar-refractivity contribution in [1.29, 1.82) is 0 Å². The van der Waals surface area contributed by atoms with Crippen molar-refractivity contribution in [2.45, 2.75) is 27.7 Å². The van der Waals surface area contributed by atoms with E-state index in [1.165, 1.54) is 36.9 Å². The summed E-state index contributed by atoms with van der Waals surface area (Å²) in [5.74, 6) is -1.10. The first-order valence-corrected chi connectivity index (χ1v) is 14.1. The molecule has 0 bridgehead atoms. The Morgan fingerprint density at radius 2 is 1.02 bits per heavy atom. The number of rotatable bonds is 2. The predicted molar refractivity (Wildman–Crippen MR) is 159 cm³/mol. The molecular weight excluding hydrogens is 650 g/mol. The maximum absolute atomic E-state index is 12.4. The number of aryl methyl sites for hydroxylation is 4. The quantitative estimate of drug-likeness (QED) is 0.152. The second kappa shape index (κ2) is 11.8. The third-order valence-corrected chi connectivity index (χ3v) is 8.70. The molecule has 0 saturated carbocycles. The van der Waals surface area contributed by atoms with E-state index in [1.54, 1.807) is 50.6 Å². The summed E-state index contributed by atoms with van der Waals surface area (Å²) in [6, 6.07) is 3.53. The van der Waals surface area contributed by atoms with Gasteiger partial charge < -0.3 is 19.9 Å². The van der Waals surface area contributed by atoms with Crippen molar-refractivity contribution in [1.82, 2.24) is 19.4 Å². The summed E-state index contributed by atoms with van der Waals surface area (Å²) in [5.41, 5.74) is 1.28. The average molecular weight is 674 g/mol. The van der Waals surface area contributed by atoms with Gasteiger partial charge in [-0.3, -0.25) is 19.6 Å². The third kappa shape index (κ3) is 4.87. The number of hydrogen-bond acceptors (Lipinski definition) is 12. The molecule has 6 aromatic heterocycles. The van der Waals surface area contributed by atoms with Gasteiger partial charge in [-0.1, -0.05) is 0 Å². The molecule has 2 N–H and O–H groups in total. The van der Waals surface area contributed by atoms with Crippen molar-refractivity contribution >= 4 is 76.6 Å². The summed E-state index contributed by atoms with van der Waals surface area (Å²) < 4.78 is 10.8. The molecule has 0 amide bonds. The Morgan fingerprint density at radius 3 is 1.35 bits per heavy atom. The minimum Gasteiger partial charge on any atom is -0.465 e. The molecule has 0 atom stereocenters. The number of thiophene rings is 2. The first kappa shape index (κ1) is 31.7. The zero-order valence-corrected chi connectivity index (χ0v) is 28.6. The van der Waals surface area contributed by atoms with Crippen LogP contribution >= 0.6 is 22.7 Å². The van der Waals surface area contributed by atoms with Gasteiger partial charge in [0.25, 0.3) is 11.1 Å². The second-order valence-electron chi connectivity index (χ2n) is 9.31. The summed E-state index contributed by atoms with van der Waals surface area (Å²) in [6.07, 6.45) is 0.